The van der Waals surface area contributed by atoms with Crippen molar-refractivity contribution in [2.75, 3.05) is 14.2 Å². The summed E-state index contributed by atoms with van der Waals surface area (Å²) >= 11 is 0. The largest absolute Gasteiger partial charge is 0.493 e. The topological polar surface area (TPSA) is 89.9 Å². The number of rotatable bonds is 6. The van der Waals surface area contributed by atoms with Gasteiger partial charge in [0.25, 0.3) is 10.0 Å². The Kier molecular flexibility index (Phi) is 4.95. The van der Waals surface area contributed by atoms with Crippen LogP contribution in [0.1, 0.15) is 5.69 Å². The van der Waals surface area contributed by atoms with Crippen LogP contribution < -0.4 is 14.3 Å². The van der Waals surface area contributed by atoms with Crippen molar-refractivity contribution in [1.82, 2.24) is 9.82 Å². The minimum atomic E-state index is -3.80. The quantitative estimate of drug-likeness (QED) is 0.642. The van der Waals surface area contributed by atoms with Crippen LogP contribution >= 0.6 is 0 Å². The van der Waals surface area contributed by atoms with E-state index in [0.29, 0.717) is 17.2 Å². The summed E-state index contributed by atoms with van der Waals surface area (Å²) in [6.07, 6.45) is 2.91. The van der Waals surface area contributed by atoms with Crippen molar-refractivity contribution >= 4 is 16.2 Å². The van der Waals surface area contributed by atoms with Gasteiger partial charge in [0.05, 0.1) is 31.0 Å². The van der Waals surface area contributed by atoms with Gasteiger partial charge in [-0.05, 0) is 24.3 Å². The van der Waals surface area contributed by atoms with E-state index in [2.05, 4.69) is 14.9 Å². The van der Waals surface area contributed by atoms with Crippen LogP contribution in [0.25, 0.3) is 0 Å². The summed E-state index contributed by atoms with van der Waals surface area (Å²) in [4.78, 5) is 6.14. The van der Waals surface area contributed by atoms with E-state index in [0.717, 1.165) is 0 Å². The molecule has 0 amide bonds. The van der Waals surface area contributed by atoms with Crippen molar-refractivity contribution in [2.24, 2.45) is 5.10 Å². The molecule has 1 N–H and O–H groups in total. The Balaban J connectivity index is 2.18. The first-order chi connectivity index (χ1) is 10.6. The molecule has 0 unspecified atom stereocenters. The highest BCUT2D eigenvalue weighted by atomic mass is 32.2. The third-order valence-electron chi connectivity index (χ3n) is 2.72. The van der Waals surface area contributed by atoms with Crippen LogP contribution in [0, 0.1) is 0 Å². The third-order valence-corrected chi connectivity index (χ3v) is 3.94. The molecule has 0 aliphatic rings. The van der Waals surface area contributed by atoms with Gasteiger partial charge >= 0.3 is 0 Å². The van der Waals surface area contributed by atoms with Crippen LogP contribution in [-0.2, 0) is 10.0 Å². The number of hydrogen-bond donors (Lipinski definition) is 1. The molecule has 0 bridgehead atoms. The standard InChI is InChI=1S/C14H15N3O4S/c1-20-13-7-6-12(9-14(13)21-2)22(18,19)17-16-10-11-5-3-4-8-15-11/h3-10,17H,1-2H3/b16-10-. The van der Waals surface area contributed by atoms with Gasteiger partial charge in [-0.3, -0.25) is 4.98 Å². The van der Waals surface area contributed by atoms with Gasteiger partial charge in [-0.25, -0.2) is 4.83 Å². The van der Waals surface area contributed by atoms with Gasteiger partial charge < -0.3 is 9.47 Å². The van der Waals surface area contributed by atoms with Gasteiger partial charge in [-0.1, -0.05) is 6.07 Å². The second-order valence-corrected chi connectivity index (χ2v) is 5.79. The van der Waals surface area contributed by atoms with E-state index in [1.807, 2.05) is 0 Å². The van der Waals surface area contributed by atoms with Crippen LogP contribution in [0.2, 0.25) is 0 Å². The Bertz CT molecular complexity index is 761. The number of methoxy groups -OCH3 is 2. The number of ether oxygens (including phenoxy) is 2. The van der Waals surface area contributed by atoms with E-state index < -0.39 is 10.0 Å². The smallest absolute Gasteiger partial charge is 0.276 e. The van der Waals surface area contributed by atoms with Crippen LogP contribution in [0.5, 0.6) is 11.5 Å². The summed E-state index contributed by atoms with van der Waals surface area (Å²) in [5.74, 6) is 0.762. The SMILES string of the molecule is COc1ccc(S(=O)(=O)N/N=C\c2ccccn2)cc1OC. The molecule has 0 fully saturated rings. The number of nitrogens with zero attached hydrogens (tertiary/aromatic N) is 2. The molecule has 8 heteroatoms. The van der Waals surface area contributed by atoms with E-state index in [1.165, 1.54) is 38.6 Å². The predicted octanol–water partition coefficient (Wildman–Crippen LogP) is 1.41. The second kappa shape index (κ2) is 6.90. The number of hydrogen-bond acceptors (Lipinski definition) is 6. The first-order valence-electron chi connectivity index (χ1n) is 6.25. The molecule has 0 saturated carbocycles. The first-order valence-corrected chi connectivity index (χ1v) is 7.73. The molecule has 0 saturated heterocycles. The van der Waals surface area contributed by atoms with Gasteiger partial charge in [0, 0.05) is 12.3 Å². The highest BCUT2D eigenvalue weighted by Crippen LogP contribution is 2.29. The third kappa shape index (κ3) is 3.73. The lowest BCUT2D eigenvalue weighted by Crippen LogP contribution is -2.18. The average Bonchev–Trinajstić information content (AvgIpc) is 2.55. The molecule has 0 aliphatic carbocycles. The predicted molar refractivity (Wildman–Crippen MR) is 81.7 cm³/mol. The van der Waals surface area contributed by atoms with Crippen LogP contribution in [0.15, 0.2) is 52.6 Å². The van der Waals surface area contributed by atoms with Crippen LogP contribution in [-0.4, -0.2) is 33.8 Å². The molecule has 1 aromatic carbocycles. The lowest BCUT2D eigenvalue weighted by molar-refractivity contribution is 0.354. The van der Waals surface area contributed by atoms with Gasteiger partial charge in [-0.2, -0.15) is 13.5 Å². The summed E-state index contributed by atoms with van der Waals surface area (Å²) in [6.45, 7) is 0. The Labute approximate surface area is 128 Å². The fourth-order valence-corrected chi connectivity index (χ4v) is 2.46. The van der Waals surface area contributed by atoms with Crippen molar-refractivity contribution < 1.29 is 17.9 Å². The van der Waals surface area contributed by atoms with Crippen molar-refractivity contribution in [3.63, 3.8) is 0 Å². The van der Waals surface area contributed by atoms with E-state index in [-0.39, 0.29) is 4.90 Å². The van der Waals surface area contributed by atoms with Gasteiger partial charge in [-0.15, -0.1) is 0 Å². The molecule has 0 spiro atoms. The lowest BCUT2D eigenvalue weighted by atomic mass is 10.3. The van der Waals surface area contributed by atoms with Crippen molar-refractivity contribution in [1.29, 1.82) is 0 Å². The molecule has 0 atom stereocenters. The van der Waals surface area contributed by atoms with Crippen molar-refractivity contribution in [3.8, 4) is 11.5 Å². The summed E-state index contributed by atoms with van der Waals surface area (Å²) in [7, 11) is -0.894. The molecular formula is C14H15N3O4S. The highest BCUT2D eigenvalue weighted by molar-refractivity contribution is 7.89. The Morgan fingerprint density at radius 1 is 1.14 bits per heavy atom. The first kappa shape index (κ1) is 15.8. The van der Waals surface area contributed by atoms with E-state index in [9.17, 15) is 8.42 Å². The minimum absolute atomic E-state index is 0.0170. The highest BCUT2D eigenvalue weighted by Gasteiger charge is 2.16. The zero-order valence-electron chi connectivity index (χ0n) is 12.1. The zero-order chi connectivity index (χ0) is 16.0. The summed E-state index contributed by atoms with van der Waals surface area (Å²) in [5.41, 5.74) is 0.539. The van der Waals surface area contributed by atoms with Crippen molar-refractivity contribution in [2.45, 2.75) is 4.90 Å². The number of sulfonamides is 1. The number of hydrazone groups is 1. The molecular weight excluding hydrogens is 306 g/mol. The van der Waals surface area contributed by atoms with Gasteiger partial charge in [0.1, 0.15) is 0 Å². The number of aromatic nitrogens is 1. The maximum absolute atomic E-state index is 12.1. The fourth-order valence-electron chi connectivity index (χ4n) is 1.65. The summed E-state index contributed by atoms with van der Waals surface area (Å²) in [5, 5.41) is 3.69. The fraction of sp³-hybridized carbons (Fsp3) is 0.143. The normalized spacial score (nSPS) is 11.4. The Morgan fingerprint density at radius 3 is 2.55 bits per heavy atom. The second-order valence-electron chi connectivity index (χ2n) is 4.12. The molecule has 2 aromatic rings. The Hall–Kier alpha value is -2.61. The van der Waals surface area contributed by atoms with E-state index in [1.54, 1.807) is 24.4 Å². The molecule has 1 heterocycles. The van der Waals surface area contributed by atoms with Gasteiger partial charge in [0.15, 0.2) is 11.5 Å². The molecule has 22 heavy (non-hydrogen) atoms. The monoisotopic (exact) mass is 321 g/mol. The van der Waals surface area contributed by atoms with Crippen LogP contribution in [0.4, 0.5) is 0 Å². The number of nitrogens with one attached hydrogen (secondary N) is 1. The molecule has 7 nitrogen and oxygen atoms in total. The molecule has 0 radical (unpaired) electrons. The van der Waals surface area contributed by atoms with Crippen LogP contribution in [0.3, 0.4) is 0 Å². The van der Waals surface area contributed by atoms with Crippen molar-refractivity contribution in [3.05, 3.63) is 48.3 Å². The van der Waals surface area contributed by atoms with E-state index >= 15 is 0 Å². The molecule has 2 rings (SSSR count). The number of benzene rings is 1. The number of pyridine rings is 1. The molecule has 1 aromatic heterocycles. The lowest BCUT2D eigenvalue weighted by Gasteiger charge is -2.09. The zero-order valence-corrected chi connectivity index (χ0v) is 12.9. The average molecular weight is 321 g/mol. The summed E-state index contributed by atoms with van der Waals surface area (Å²) in [6, 6.07) is 9.50. The minimum Gasteiger partial charge on any atom is -0.493 e. The maximum atomic E-state index is 12.1. The van der Waals surface area contributed by atoms with E-state index in [4.69, 9.17) is 9.47 Å². The molecule has 0 aliphatic heterocycles. The maximum Gasteiger partial charge on any atom is 0.276 e. The summed E-state index contributed by atoms with van der Waals surface area (Å²) < 4.78 is 34.4. The molecule has 116 valence electrons. The Morgan fingerprint density at radius 2 is 1.91 bits per heavy atom. The van der Waals surface area contributed by atoms with Gasteiger partial charge in [0.2, 0.25) is 0 Å².